The fraction of sp³-hybridized carbons (Fsp3) is 0.462. The zero-order valence-corrected chi connectivity index (χ0v) is 19.9. The summed E-state index contributed by atoms with van der Waals surface area (Å²) >= 11 is 0. The average Bonchev–Trinajstić information content (AvgIpc) is 2.85. The molecule has 1 aromatic heterocycles. The third-order valence-electron chi connectivity index (χ3n) is 6.94. The minimum Gasteiger partial charge on any atom is -0.354 e. The molecule has 1 unspecified atom stereocenters. The van der Waals surface area contributed by atoms with Gasteiger partial charge in [0, 0.05) is 57.6 Å². The molecule has 1 fully saturated rings. The summed E-state index contributed by atoms with van der Waals surface area (Å²) in [5.74, 6) is 0.807. The van der Waals surface area contributed by atoms with Gasteiger partial charge in [-0.1, -0.05) is 6.07 Å². The van der Waals surface area contributed by atoms with E-state index in [0.29, 0.717) is 12.1 Å². The minimum absolute atomic E-state index is 0.0850. The lowest BCUT2D eigenvalue weighted by Crippen LogP contribution is -2.46. The second-order valence-corrected chi connectivity index (χ2v) is 9.31. The van der Waals surface area contributed by atoms with Crippen LogP contribution in [0.2, 0.25) is 0 Å². The quantitative estimate of drug-likeness (QED) is 0.716. The summed E-state index contributed by atoms with van der Waals surface area (Å²) in [5.41, 5.74) is 6.00. The first kappa shape index (κ1) is 22.5. The number of aryl methyl sites for hydroxylation is 1. The highest BCUT2D eigenvalue weighted by Crippen LogP contribution is 2.34. The number of carbonyl (C=O) groups is 2. The van der Waals surface area contributed by atoms with Crippen molar-refractivity contribution in [1.29, 1.82) is 0 Å². The average molecular weight is 461 g/mol. The van der Waals surface area contributed by atoms with Crippen molar-refractivity contribution in [3.8, 4) is 0 Å². The van der Waals surface area contributed by atoms with E-state index in [0.717, 1.165) is 74.9 Å². The second-order valence-electron chi connectivity index (χ2n) is 9.31. The predicted molar refractivity (Wildman–Crippen MR) is 134 cm³/mol. The summed E-state index contributed by atoms with van der Waals surface area (Å²) < 4.78 is 0. The van der Waals surface area contributed by atoms with E-state index in [4.69, 9.17) is 4.99 Å². The lowest BCUT2D eigenvalue weighted by Gasteiger charge is -2.36. The van der Waals surface area contributed by atoms with Crippen LogP contribution in [0.5, 0.6) is 0 Å². The Morgan fingerprint density at radius 1 is 1.21 bits per heavy atom. The van der Waals surface area contributed by atoms with E-state index >= 15 is 0 Å². The third-order valence-corrected chi connectivity index (χ3v) is 6.94. The molecule has 178 valence electrons. The van der Waals surface area contributed by atoms with Crippen molar-refractivity contribution in [2.45, 2.75) is 33.2 Å². The van der Waals surface area contributed by atoms with Crippen LogP contribution < -0.4 is 15.5 Å². The zero-order chi connectivity index (χ0) is 23.7. The normalized spacial score (nSPS) is 20.2. The van der Waals surface area contributed by atoms with Gasteiger partial charge >= 0.3 is 0 Å². The fourth-order valence-corrected chi connectivity index (χ4v) is 5.23. The van der Waals surface area contributed by atoms with Crippen LogP contribution in [0.25, 0.3) is 0 Å². The lowest BCUT2D eigenvalue weighted by atomic mass is 9.83. The smallest absolute Gasteiger partial charge is 0.252 e. The van der Waals surface area contributed by atoms with Gasteiger partial charge in [0.1, 0.15) is 5.82 Å². The second kappa shape index (κ2) is 9.54. The Balaban J connectivity index is 1.23. The number of rotatable bonds is 5. The maximum atomic E-state index is 12.6. The Labute approximate surface area is 200 Å². The largest absolute Gasteiger partial charge is 0.354 e. The molecule has 3 aliphatic heterocycles. The van der Waals surface area contributed by atoms with Crippen molar-refractivity contribution in [2.75, 3.05) is 49.5 Å². The van der Waals surface area contributed by atoms with E-state index in [1.54, 1.807) is 6.20 Å². The molecule has 1 aromatic carbocycles. The third kappa shape index (κ3) is 4.42. The summed E-state index contributed by atoms with van der Waals surface area (Å²) in [7, 11) is 0. The van der Waals surface area contributed by atoms with Crippen molar-refractivity contribution in [3.63, 3.8) is 0 Å². The van der Waals surface area contributed by atoms with Crippen LogP contribution in [0.3, 0.4) is 0 Å². The van der Waals surface area contributed by atoms with Crippen molar-refractivity contribution < 1.29 is 9.59 Å². The van der Waals surface area contributed by atoms with E-state index < -0.39 is 0 Å². The van der Waals surface area contributed by atoms with Crippen LogP contribution in [-0.4, -0.2) is 66.7 Å². The van der Waals surface area contributed by atoms with Crippen molar-refractivity contribution in [1.82, 2.24) is 15.2 Å². The number of amides is 2. The molecule has 8 nitrogen and oxygen atoms in total. The van der Waals surface area contributed by atoms with E-state index in [2.05, 4.69) is 44.5 Å². The van der Waals surface area contributed by atoms with Crippen LogP contribution in [0.1, 0.15) is 46.8 Å². The highest BCUT2D eigenvalue weighted by molar-refractivity contribution is 6.23. The van der Waals surface area contributed by atoms with Gasteiger partial charge < -0.3 is 15.5 Å². The number of anilines is 2. The molecule has 1 atom stereocenters. The first-order valence-electron chi connectivity index (χ1n) is 12.2. The van der Waals surface area contributed by atoms with Crippen LogP contribution in [0, 0.1) is 12.8 Å². The minimum atomic E-state index is -0.0948. The standard InChI is InChI=1S/C26H32N6O2/c1-3-27-25(33)19-6-7-22(29-15-19)32-11-9-31(10-12-32)16-18-13-17(2)23-21(14-18)30-26(34)20-5-4-8-28-24(20)23/h6-7,13-15,20H,3-5,8-12,16H2,1-2H3,(H,27,33)(H,30,34). The molecule has 0 spiro atoms. The summed E-state index contributed by atoms with van der Waals surface area (Å²) in [6, 6.07) is 8.14. The Morgan fingerprint density at radius 3 is 2.76 bits per heavy atom. The summed E-state index contributed by atoms with van der Waals surface area (Å²) in [5, 5.41) is 5.94. The highest BCUT2D eigenvalue weighted by atomic mass is 16.2. The van der Waals surface area contributed by atoms with Gasteiger partial charge in [-0.05, 0) is 56.0 Å². The van der Waals surface area contributed by atoms with Crippen LogP contribution in [0.4, 0.5) is 11.5 Å². The Kier molecular flexibility index (Phi) is 6.32. The van der Waals surface area contributed by atoms with Gasteiger partial charge in [0.25, 0.3) is 5.91 Å². The molecule has 0 bridgehead atoms. The Bertz CT molecular complexity index is 1120. The first-order valence-corrected chi connectivity index (χ1v) is 12.2. The highest BCUT2D eigenvalue weighted by Gasteiger charge is 2.34. The lowest BCUT2D eigenvalue weighted by molar-refractivity contribution is -0.118. The van der Waals surface area contributed by atoms with Gasteiger partial charge in [0.05, 0.1) is 22.9 Å². The van der Waals surface area contributed by atoms with E-state index in [-0.39, 0.29) is 17.7 Å². The number of fused-ring (bicyclic) bond motifs is 3. The molecular formula is C26H32N6O2. The van der Waals surface area contributed by atoms with Gasteiger partial charge in [-0.2, -0.15) is 0 Å². The number of pyridine rings is 1. The Morgan fingerprint density at radius 2 is 2.03 bits per heavy atom. The van der Waals surface area contributed by atoms with Gasteiger partial charge in [-0.15, -0.1) is 0 Å². The van der Waals surface area contributed by atoms with Gasteiger partial charge in [-0.3, -0.25) is 19.5 Å². The molecule has 0 aliphatic carbocycles. The zero-order valence-electron chi connectivity index (χ0n) is 19.9. The number of nitrogens with zero attached hydrogens (tertiary/aromatic N) is 4. The molecule has 2 aromatic rings. The molecule has 1 saturated heterocycles. The Hall–Kier alpha value is -3.26. The number of hydrogen-bond donors (Lipinski definition) is 2. The number of carbonyl (C=O) groups excluding carboxylic acids is 2. The van der Waals surface area contributed by atoms with Crippen molar-refractivity contribution in [3.05, 3.63) is 52.7 Å². The maximum absolute atomic E-state index is 12.6. The number of aromatic nitrogens is 1. The summed E-state index contributed by atoms with van der Waals surface area (Å²) in [6.45, 7) is 9.91. The molecule has 2 amide bonds. The predicted octanol–water partition coefficient (Wildman–Crippen LogP) is 2.61. The number of piperazine rings is 1. The van der Waals surface area contributed by atoms with Gasteiger partial charge in [0.2, 0.25) is 5.91 Å². The first-order chi connectivity index (χ1) is 16.5. The molecular weight excluding hydrogens is 428 g/mol. The molecule has 8 heteroatoms. The monoisotopic (exact) mass is 460 g/mol. The number of aliphatic imine (C=N–C) groups is 1. The van der Waals surface area contributed by atoms with E-state index in [9.17, 15) is 9.59 Å². The molecule has 0 radical (unpaired) electrons. The van der Waals surface area contributed by atoms with Crippen LogP contribution in [0.15, 0.2) is 35.5 Å². The topological polar surface area (TPSA) is 89.9 Å². The number of nitrogens with one attached hydrogen (secondary N) is 2. The molecule has 2 N–H and O–H groups in total. The van der Waals surface area contributed by atoms with Gasteiger partial charge in [-0.25, -0.2) is 4.98 Å². The van der Waals surface area contributed by atoms with E-state index in [1.807, 2.05) is 19.1 Å². The summed E-state index contributed by atoms with van der Waals surface area (Å²) in [6.07, 6.45) is 3.52. The van der Waals surface area contributed by atoms with Crippen molar-refractivity contribution in [2.24, 2.45) is 10.9 Å². The maximum Gasteiger partial charge on any atom is 0.252 e. The molecule has 5 rings (SSSR count). The van der Waals surface area contributed by atoms with Gasteiger partial charge in [0.15, 0.2) is 0 Å². The molecule has 0 saturated carbocycles. The number of benzene rings is 1. The fourth-order valence-electron chi connectivity index (χ4n) is 5.23. The van der Waals surface area contributed by atoms with Crippen LogP contribution in [-0.2, 0) is 11.3 Å². The molecule has 34 heavy (non-hydrogen) atoms. The van der Waals surface area contributed by atoms with E-state index in [1.165, 1.54) is 11.1 Å². The SMILES string of the molecule is CCNC(=O)c1ccc(N2CCN(Cc3cc(C)c4c(c3)NC(=O)C3CCCN=C43)CC2)nc1. The molecule has 3 aliphatic rings. The molecule has 4 heterocycles. The van der Waals surface area contributed by atoms with Crippen LogP contribution >= 0.6 is 0 Å². The van der Waals surface area contributed by atoms with Crippen molar-refractivity contribution >= 4 is 29.0 Å². The summed E-state index contributed by atoms with van der Waals surface area (Å²) in [4.78, 5) is 38.5. The number of hydrogen-bond acceptors (Lipinski definition) is 6.